The Labute approximate surface area is 144 Å². The molecule has 0 bridgehead atoms. The Hall–Kier alpha value is -1.10. The molecule has 2 atom stereocenters. The average Bonchev–Trinajstić information content (AvgIpc) is 2.84. The van der Waals surface area contributed by atoms with Gasteiger partial charge in [0.25, 0.3) is 0 Å². The fraction of sp³-hybridized carbons (Fsp3) is 0.611. The van der Waals surface area contributed by atoms with Gasteiger partial charge < -0.3 is 16.2 Å². The van der Waals surface area contributed by atoms with Gasteiger partial charge in [0.2, 0.25) is 5.91 Å². The third-order valence-corrected chi connectivity index (χ3v) is 5.40. The highest BCUT2D eigenvalue weighted by Gasteiger charge is 2.36. The molecule has 1 fully saturated rings. The van der Waals surface area contributed by atoms with Crippen LogP contribution in [0.3, 0.4) is 0 Å². The molecule has 2 aliphatic carbocycles. The topological polar surface area (TPSA) is 75.4 Å². The summed E-state index contributed by atoms with van der Waals surface area (Å²) in [5.74, 6) is 0.0214. The number of halogens is 1. The maximum absolute atomic E-state index is 12.5. The van der Waals surface area contributed by atoms with E-state index in [2.05, 4.69) is 5.32 Å². The van der Waals surface area contributed by atoms with Crippen LogP contribution in [0.15, 0.2) is 24.3 Å². The van der Waals surface area contributed by atoms with E-state index in [9.17, 15) is 9.90 Å². The standard InChI is InChI=1S/C18H26N2O2.ClH/c19-12-18(8-4-1-5-9-18)11-16(22)20-17-14-7-3-2-6-13(14)10-15(17)21;/h2-3,6-7,15,17,21H,1,4-5,8-12,19H2,(H,20,22);1H/t15-,17+;/m0./s1. The van der Waals surface area contributed by atoms with Gasteiger partial charge in [-0.15, -0.1) is 12.4 Å². The lowest BCUT2D eigenvalue weighted by atomic mass is 9.71. The largest absolute Gasteiger partial charge is 0.390 e. The molecule has 0 heterocycles. The maximum atomic E-state index is 12.5. The van der Waals surface area contributed by atoms with E-state index in [0.717, 1.165) is 24.0 Å². The van der Waals surface area contributed by atoms with Crippen LogP contribution in [-0.4, -0.2) is 23.7 Å². The Morgan fingerprint density at radius 2 is 1.96 bits per heavy atom. The molecule has 1 aromatic carbocycles. The molecular formula is C18H27ClN2O2. The summed E-state index contributed by atoms with van der Waals surface area (Å²) in [6.45, 7) is 0.574. The number of fused-ring (bicyclic) bond motifs is 1. The van der Waals surface area contributed by atoms with Gasteiger partial charge >= 0.3 is 0 Å². The average molecular weight is 339 g/mol. The van der Waals surface area contributed by atoms with Gasteiger partial charge in [0, 0.05) is 12.8 Å². The van der Waals surface area contributed by atoms with Gasteiger partial charge in [-0.25, -0.2) is 0 Å². The van der Waals surface area contributed by atoms with Crippen molar-refractivity contribution in [2.45, 2.75) is 57.1 Å². The summed E-state index contributed by atoms with van der Waals surface area (Å²) in [6, 6.07) is 7.67. The third-order valence-electron chi connectivity index (χ3n) is 5.40. The number of nitrogens with two attached hydrogens (primary N) is 1. The molecule has 4 N–H and O–H groups in total. The number of aliphatic hydroxyl groups excluding tert-OH is 1. The molecule has 0 aliphatic heterocycles. The molecule has 0 aromatic heterocycles. The fourth-order valence-corrected chi connectivity index (χ4v) is 4.07. The highest BCUT2D eigenvalue weighted by atomic mass is 35.5. The van der Waals surface area contributed by atoms with Crippen molar-refractivity contribution >= 4 is 18.3 Å². The number of hydrogen-bond acceptors (Lipinski definition) is 3. The minimum atomic E-state index is -0.526. The normalized spacial score (nSPS) is 25.3. The number of nitrogens with one attached hydrogen (secondary N) is 1. The second kappa shape index (κ2) is 7.65. The van der Waals surface area contributed by atoms with Crippen molar-refractivity contribution in [1.82, 2.24) is 5.32 Å². The number of aliphatic hydroxyl groups is 1. The summed E-state index contributed by atoms with van der Waals surface area (Å²) in [6.07, 6.45) is 6.23. The zero-order chi connectivity index (χ0) is 15.6. The monoisotopic (exact) mass is 338 g/mol. The van der Waals surface area contributed by atoms with Crippen LogP contribution in [0, 0.1) is 5.41 Å². The zero-order valence-electron chi connectivity index (χ0n) is 13.5. The smallest absolute Gasteiger partial charge is 0.221 e. The number of benzene rings is 1. The second-order valence-corrected chi connectivity index (χ2v) is 6.96. The number of carbonyl (C=O) groups is 1. The molecular weight excluding hydrogens is 312 g/mol. The van der Waals surface area contributed by atoms with Crippen molar-refractivity contribution in [1.29, 1.82) is 0 Å². The first-order chi connectivity index (χ1) is 10.6. The van der Waals surface area contributed by atoms with Crippen LogP contribution < -0.4 is 11.1 Å². The quantitative estimate of drug-likeness (QED) is 0.789. The Kier molecular flexibility index (Phi) is 6.06. The van der Waals surface area contributed by atoms with Crippen LogP contribution in [0.2, 0.25) is 0 Å². The van der Waals surface area contributed by atoms with Crippen LogP contribution in [0.25, 0.3) is 0 Å². The van der Waals surface area contributed by atoms with Gasteiger partial charge in [0.15, 0.2) is 0 Å². The molecule has 1 saturated carbocycles. The number of amides is 1. The molecule has 0 unspecified atom stereocenters. The first-order valence-corrected chi connectivity index (χ1v) is 8.39. The SMILES string of the molecule is Cl.NCC1(CC(=O)N[C@@H]2c3ccccc3C[C@@H]2O)CCCCC1. The van der Waals surface area contributed by atoms with Crippen molar-refractivity contribution in [3.05, 3.63) is 35.4 Å². The summed E-state index contributed by atoms with van der Waals surface area (Å²) in [5, 5.41) is 13.3. The van der Waals surface area contributed by atoms with Gasteiger partial charge in [-0.1, -0.05) is 43.5 Å². The predicted octanol–water partition coefficient (Wildman–Crippen LogP) is 2.48. The second-order valence-electron chi connectivity index (χ2n) is 6.96. The summed E-state index contributed by atoms with van der Waals surface area (Å²) in [5.41, 5.74) is 8.11. The van der Waals surface area contributed by atoms with E-state index in [1.807, 2.05) is 24.3 Å². The molecule has 0 spiro atoms. The summed E-state index contributed by atoms with van der Waals surface area (Å²) in [7, 11) is 0. The molecule has 3 rings (SSSR count). The van der Waals surface area contributed by atoms with Crippen LogP contribution >= 0.6 is 12.4 Å². The van der Waals surface area contributed by atoms with E-state index in [0.29, 0.717) is 19.4 Å². The lowest BCUT2D eigenvalue weighted by Gasteiger charge is -2.36. The Morgan fingerprint density at radius 3 is 2.65 bits per heavy atom. The molecule has 23 heavy (non-hydrogen) atoms. The molecule has 128 valence electrons. The lowest BCUT2D eigenvalue weighted by Crippen LogP contribution is -2.41. The zero-order valence-corrected chi connectivity index (χ0v) is 14.3. The number of carbonyl (C=O) groups excluding carboxylic acids is 1. The predicted molar refractivity (Wildman–Crippen MR) is 93.5 cm³/mol. The minimum Gasteiger partial charge on any atom is -0.390 e. The molecule has 2 aliphatic rings. The van der Waals surface area contributed by atoms with Crippen LogP contribution in [0.4, 0.5) is 0 Å². The molecule has 0 radical (unpaired) electrons. The van der Waals surface area contributed by atoms with Crippen LogP contribution in [-0.2, 0) is 11.2 Å². The molecule has 1 amide bonds. The fourth-order valence-electron chi connectivity index (χ4n) is 4.07. The van der Waals surface area contributed by atoms with Crippen LogP contribution in [0.5, 0.6) is 0 Å². The number of hydrogen-bond donors (Lipinski definition) is 3. The van der Waals surface area contributed by atoms with Crippen molar-refractivity contribution in [3.63, 3.8) is 0 Å². The van der Waals surface area contributed by atoms with Crippen LogP contribution in [0.1, 0.15) is 55.7 Å². The summed E-state index contributed by atoms with van der Waals surface area (Å²) >= 11 is 0. The molecule has 5 heteroatoms. The summed E-state index contributed by atoms with van der Waals surface area (Å²) in [4.78, 5) is 12.5. The summed E-state index contributed by atoms with van der Waals surface area (Å²) < 4.78 is 0. The van der Waals surface area contributed by atoms with Gasteiger partial charge in [-0.3, -0.25) is 4.79 Å². The van der Waals surface area contributed by atoms with Gasteiger partial charge in [-0.05, 0) is 35.9 Å². The van der Waals surface area contributed by atoms with Gasteiger partial charge in [-0.2, -0.15) is 0 Å². The van der Waals surface area contributed by atoms with Crippen molar-refractivity contribution in [2.75, 3.05) is 6.54 Å². The van der Waals surface area contributed by atoms with Crippen molar-refractivity contribution in [2.24, 2.45) is 11.1 Å². The van der Waals surface area contributed by atoms with E-state index in [4.69, 9.17) is 5.73 Å². The Bertz CT molecular complexity index is 544. The Balaban J connectivity index is 0.00000192. The van der Waals surface area contributed by atoms with E-state index >= 15 is 0 Å². The van der Waals surface area contributed by atoms with E-state index < -0.39 is 6.10 Å². The van der Waals surface area contributed by atoms with E-state index in [1.54, 1.807) is 0 Å². The lowest BCUT2D eigenvalue weighted by molar-refractivity contribution is -0.125. The molecule has 4 nitrogen and oxygen atoms in total. The van der Waals surface area contributed by atoms with Crippen molar-refractivity contribution < 1.29 is 9.90 Å². The van der Waals surface area contributed by atoms with E-state index in [1.165, 1.54) is 19.3 Å². The highest BCUT2D eigenvalue weighted by molar-refractivity contribution is 5.85. The first-order valence-electron chi connectivity index (χ1n) is 8.39. The van der Waals surface area contributed by atoms with Crippen molar-refractivity contribution in [3.8, 4) is 0 Å². The molecule has 1 aromatic rings. The molecule has 0 saturated heterocycles. The highest BCUT2D eigenvalue weighted by Crippen LogP contribution is 2.39. The minimum absolute atomic E-state index is 0. The number of rotatable bonds is 4. The third kappa shape index (κ3) is 3.87. The van der Waals surface area contributed by atoms with Gasteiger partial charge in [0.05, 0.1) is 12.1 Å². The van der Waals surface area contributed by atoms with Gasteiger partial charge in [0.1, 0.15) is 0 Å². The first kappa shape index (κ1) is 18.2. The Morgan fingerprint density at radius 1 is 1.26 bits per heavy atom. The van der Waals surface area contributed by atoms with E-state index in [-0.39, 0.29) is 29.8 Å². The maximum Gasteiger partial charge on any atom is 0.221 e.